The third kappa shape index (κ3) is 7.01. The van der Waals surface area contributed by atoms with Gasteiger partial charge < -0.3 is 15.8 Å². The fourth-order valence-corrected chi connectivity index (χ4v) is 0.623. The molecule has 0 saturated heterocycles. The summed E-state index contributed by atoms with van der Waals surface area (Å²) in [6, 6.07) is -2.08. The molecule has 0 aliphatic carbocycles. The van der Waals surface area contributed by atoms with E-state index in [-0.39, 0.29) is 0 Å². The molecule has 0 fully saturated rings. The Balaban J connectivity index is 3.92. The number of hydrogen-bond donors (Lipinski definition) is 2. The maximum Gasteiger partial charge on any atom is 0.407 e. The van der Waals surface area contributed by atoms with Gasteiger partial charge in [0.1, 0.15) is 11.6 Å². The highest BCUT2D eigenvalue weighted by atomic mass is 19.4. The summed E-state index contributed by atoms with van der Waals surface area (Å²) in [7, 11) is 0. The van der Waals surface area contributed by atoms with Crippen molar-refractivity contribution in [3.63, 3.8) is 0 Å². The third-order valence-electron chi connectivity index (χ3n) is 1.29. The van der Waals surface area contributed by atoms with E-state index in [2.05, 4.69) is 0 Å². The summed E-state index contributed by atoms with van der Waals surface area (Å²) in [5.41, 5.74) is 4.02. The van der Waals surface area contributed by atoms with Crippen molar-refractivity contribution in [2.45, 2.75) is 38.6 Å². The first-order valence-electron chi connectivity index (χ1n) is 4.31. The fraction of sp³-hybridized carbons (Fsp3) is 0.875. The Bertz CT molecular complexity index is 223. The number of nitrogens with one attached hydrogen (secondary N) is 1. The van der Waals surface area contributed by atoms with Crippen molar-refractivity contribution in [1.29, 1.82) is 0 Å². The van der Waals surface area contributed by atoms with Gasteiger partial charge >= 0.3 is 12.3 Å². The zero-order valence-electron chi connectivity index (χ0n) is 8.81. The number of hydrogen-bond acceptors (Lipinski definition) is 3. The van der Waals surface area contributed by atoms with Gasteiger partial charge in [-0.05, 0) is 20.8 Å². The van der Waals surface area contributed by atoms with Crippen LogP contribution in [-0.2, 0) is 4.74 Å². The maximum absolute atomic E-state index is 11.9. The van der Waals surface area contributed by atoms with Gasteiger partial charge in [0.25, 0.3) is 0 Å². The van der Waals surface area contributed by atoms with Gasteiger partial charge in [0.15, 0.2) is 0 Å². The van der Waals surface area contributed by atoms with Crippen LogP contribution < -0.4 is 11.1 Å². The molecule has 0 rings (SSSR count). The molecule has 0 aromatic heterocycles. The minimum Gasteiger partial charge on any atom is -0.444 e. The van der Waals surface area contributed by atoms with E-state index in [0.717, 1.165) is 0 Å². The van der Waals surface area contributed by atoms with Crippen molar-refractivity contribution in [2.24, 2.45) is 5.73 Å². The number of halogens is 3. The number of nitrogens with two attached hydrogens (primary N) is 1. The minimum absolute atomic E-state index is 0.696. The Morgan fingerprint density at radius 2 is 1.87 bits per heavy atom. The van der Waals surface area contributed by atoms with Gasteiger partial charge in [-0.3, -0.25) is 0 Å². The number of ether oxygens (including phenoxy) is 1. The van der Waals surface area contributed by atoms with Gasteiger partial charge in [-0.1, -0.05) is 0 Å². The Kier molecular flexibility index (Phi) is 4.39. The van der Waals surface area contributed by atoms with Crippen LogP contribution in [0.4, 0.5) is 18.0 Å². The molecule has 0 aliphatic heterocycles. The lowest BCUT2D eigenvalue weighted by molar-refractivity contribution is -0.146. The van der Waals surface area contributed by atoms with E-state index in [1.807, 2.05) is 5.32 Å². The zero-order chi connectivity index (χ0) is 12.3. The smallest absolute Gasteiger partial charge is 0.407 e. The molecule has 0 spiro atoms. The van der Waals surface area contributed by atoms with Crippen molar-refractivity contribution in [3.05, 3.63) is 0 Å². The lowest BCUT2D eigenvalue weighted by atomic mass is 10.2. The molecule has 0 saturated carbocycles. The number of rotatable bonds is 2. The molecule has 15 heavy (non-hydrogen) atoms. The second-order valence-corrected chi connectivity index (χ2v) is 4.03. The summed E-state index contributed by atoms with van der Waals surface area (Å²) >= 11 is 0. The Morgan fingerprint density at radius 3 is 2.20 bits per heavy atom. The molecule has 0 heterocycles. The van der Waals surface area contributed by atoms with E-state index >= 15 is 0 Å². The van der Waals surface area contributed by atoms with Crippen molar-refractivity contribution in [2.75, 3.05) is 6.54 Å². The van der Waals surface area contributed by atoms with E-state index in [1.54, 1.807) is 20.8 Å². The molecule has 0 aromatic rings. The molecule has 90 valence electrons. The minimum atomic E-state index is -4.52. The lowest BCUT2D eigenvalue weighted by Crippen LogP contribution is -2.47. The first kappa shape index (κ1) is 14.0. The zero-order valence-corrected chi connectivity index (χ0v) is 8.81. The highest BCUT2D eigenvalue weighted by Gasteiger charge is 2.36. The summed E-state index contributed by atoms with van der Waals surface area (Å²) in [5, 5.41) is 1.94. The van der Waals surface area contributed by atoms with Crippen LogP contribution in [0.1, 0.15) is 20.8 Å². The highest BCUT2D eigenvalue weighted by Crippen LogP contribution is 2.17. The van der Waals surface area contributed by atoms with Crippen LogP contribution in [0.3, 0.4) is 0 Å². The summed E-state index contributed by atoms with van der Waals surface area (Å²) in [6.45, 7) is 4.13. The van der Waals surface area contributed by atoms with Crippen LogP contribution in [0, 0.1) is 0 Å². The van der Waals surface area contributed by atoms with Crippen molar-refractivity contribution < 1.29 is 22.7 Å². The number of amides is 1. The molecule has 1 atom stereocenters. The average molecular weight is 228 g/mol. The van der Waals surface area contributed by atoms with Crippen LogP contribution in [0.2, 0.25) is 0 Å². The Hall–Kier alpha value is -0.980. The number of alkyl carbamates (subject to hydrolysis) is 1. The molecule has 1 amide bonds. The van der Waals surface area contributed by atoms with Crippen LogP contribution in [-0.4, -0.2) is 30.5 Å². The van der Waals surface area contributed by atoms with E-state index in [0.29, 0.717) is 0 Å². The van der Waals surface area contributed by atoms with E-state index in [1.165, 1.54) is 0 Å². The Labute approximate surface area is 86.0 Å². The van der Waals surface area contributed by atoms with Gasteiger partial charge in [0.2, 0.25) is 0 Å². The van der Waals surface area contributed by atoms with Gasteiger partial charge in [0.05, 0.1) is 0 Å². The Morgan fingerprint density at radius 1 is 1.40 bits per heavy atom. The van der Waals surface area contributed by atoms with Gasteiger partial charge in [-0.25, -0.2) is 4.79 Å². The predicted octanol–water partition coefficient (Wildman–Crippen LogP) is 1.40. The average Bonchev–Trinajstić information content (AvgIpc) is 1.94. The second kappa shape index (κ2) is 4.69. The normalized spacial score (nSPS) is 14.6. The van der Waals surface area contributed by atoms with E-state index in [4.69, 9.17) is 10.5 Å². The van der Waals surface area contributed by atoms with Crippen LogP contribution >= 0.6 is 0 Å². The van der Waals surface area contributed by atoms with Crippen molar-refractivity contribution >= 4 is 6.09 Å². The van der Waals surface area contributed by atoms with Gasteiger partial charge in [-0.2, -0.15) is 13.2 Å². The molecule has 1 unspecified atom stereocenters. The third-order valence-corrected chi connectivity index (χ3v) is 1.29. The standard InChI is InChI=1S/C8H15F3N2O2/c1-7(2,3)15-6(14)13-4-5(12)8(9,10)11/h5H,4,12H2,1-3H3,(H,13,14). The summed E-state index contributed by atoms with van der Waals surface area (Å²) in [6.07, 6.45) is -5.43. The summed E-state index contributed by atoms with van der Waals surface area (Å²) < 4.78 is 40.5. The molecule has 0 aliphatic rings. The molecular weight excluding hydrogens is 213 g/mol. The van der Waals surface area contributed by atoms with Crippen LogP contribution in [0.15, 0.2) is 0 Å². The quantitative estimate of drug-likeness (QED) is 0.750. The molecule has 7 heteroatoms. The number of carbonyl (C=O) groups is 1. The number of carbonyl (C=O) groups excluding carboxylic acids is 1. The summed E-state index contributed by atoms with van der Waals surface area (Å²) in [5.74, 6) is 0. The molecule has 4 nitrogen and oxygen atoms in total. The lowest BCUT2D eigenvalue weighted by Gasteiger charge is -2.21. The molecule has 3 N–H and O–H groups in total. The fourth-order valence-electron chi connectivity index (χ4n) is 0.623. The van der Waals surface area contributed by atoms with Crippen molar-refractivity contribution in [3.8, 4) is 0 Å². The van der Waals surface area contributed by atoms with Gasteiger partial charge in [0, 0.05) is 6.54 Å². The monoisotopic (exact) mass is 228 g/mol. The molecule has 0 aromatic carbocycles. The maximum atomic E-state index is 11.9. The molecule has 0 radical (unpaired) electrons. The molecule has 0 bridgehead atoms. The van der Waals surface area contributed by atoms with Gasteiger partial charge in [-0.15, -0.1) is 0 Å². The largest absolute Gasteiger partial charge is 0.444 e. The van der Waals surface area contributed by atoms with Crippen LogP contribution in [0.25, 0.3) is 0 Å². The number of alkyl halides is 3. The molecular formula is C8H15F3N2O2. The van der Waals surface area contributed by atoms with E-state index in [9.17, 15) is 18.0 Å². The first-order chi connectivity index (χ1) is 6.52. The summed E-state index contributed by atoms with van der Waals surface area (Å²) in [4.78, 5) is 10.9. The van der Waals surface area contributed by atoms with Crippen molar-refractivity contribution in [1.82, 2.24) is 5.32 Å². The SMILES string of the molecule is CC(C)(C)OC(=O)NCC(N)C(F)(F)F. The van der Waals surface area contributed by atoms with Crippen LogP contribution in [0.5, 0.6) is 0 Å². The first-order valence-corrected chi connectivity index (χ1v) is 4.31. The second-order valence-electron chi connectivity index (χ2n) is 4.03. The highest BCUT2D eigenvalue weighted by molar-refractivity contribution is 5.67. The topological polar surface area (TPSA) is 64.3 Å². The predicted molar refractivity (Wildman–Crippen MR) is 48.3 cm³/mol. The van der Waals surface area contributed by atoms with E-state index < -0.39 is 30.5 Å².